The first-order valence-corrected chi connectivity index (χ1v) is 6.63. The summed E-state index contributed by atoms with van der Waals surface area (Å²) in [6.07, 6.45) is 1.14. The van der Waals surface area contributed by atoms with Crippen LogP contribution in [-0.2, 0) is 10.0 Å². The van der Waals surface area contributed by atoms with Gasteiger partial charge in [0.05, 0.1) is 11.1 Å². The van der Waals surface area contributed by atoms with E-state index in [1.807, 2.05) is 0 Å². The van der Waals surface area contributed by atoms with Crippen LogP contribution in [-0.4, -0.2) is 23.5 Å². The first-order valence-electron chi connectivity index (χ1n) is 5.15. The van der Waals surface area contributed by atoms with Gasteiger partial charge in [0.25, 0.3) is 15.7 Å². The lowest BCUT2D eigenvalue weighted by Gasteiger charge is -2.06. The number of nitrogens with one attached hydrogen (secondary N) is 2. The van der Waals surface area contributed by atoms with Crippen LogP contribution in [0.5, 0.6) is 0 Å². The van der Waals surface area contributed by atoms with E-state index in [0.717, 1.165) is 18.3 Å². The summed E-state index contributed by atoms with van der Waals surface area (Å²) in [5.74, 6) is -0.148. The highest BCUT2D eigenvalue weighted by Crippen LogP contribution is 2.25. The second-order valence-electron chi connectivity index (χ2n) is 3.60. The molecule has 102 valence electrons. The van der Waals surface area contributed by atoms with E-state index < -0.39 is 25.5 Å². The van der Waals surface area contributed by atoms with Crippen molar-refractivity contribution in [3.8, 4) is 6.07 Å². The number of benzene rings is 1. The van der Waals surface area contributed by atoms with Gasteiger partial charge in [-0.3, -0.25) is 19.9 Å². The van der Waals surface area contributed by atoms with Gasteiger partial charge >= 0.3 is 0 Å². The molecule has 2 rings (SSSR count). The molecule has 10 heteroatoms. The summed E-state index contributed by atoms with van der Waals surface area (Å²) < 4.78 is 26.3. The lowest BCUT2D eigenvalue weighted by molar-refractivity contribution is -0.387. The van der Waals surface area contributed by atoms with Gasteiger partial charge in [-0.15, -0.1) is 0 Å². The largest absolute Gasteiger partial charge is 0.289 e. The minimum atomic E-state index is -4.21. The zero-order chi connectivity index (χ0) is 14.8. The molecule has 0 aliphatic carbocycles. The maximum absolute atomic E-state index is 12.1. The van der Waals surface area contributed by atoms with Crippen molar-refractivity contribution in [3.63, 3.8) is 0 Å². The van der Waals surface area contributed by atoms with E-state index in [4.69, 9.17) is 5.26 Å². The van der Waals surface area contributed by atoms with Crippen LogP contribution in [0.15, 0.2) is 35.4 Å². The number of aromatic amines is 1. The van der Waals surface area contributed by atoms with E-state index in [1.54, 1.807) is 6.07 Å². The second-order valence-corrected chi connectivity index (χ2v) is 5.25. The molecule has 0 saturated heterocycles. The number of hydrogen-bond donors (Lipinski definition) is 2. The molecule has 2 N–H and O–H groups in total. The Bertz CT molecular complexity index is 805. The number of para-hydroxylation sites is 1. The summed E-state index contributed by atoms with van der Waals surface area (Å²) in [7, 11) is -4.21. The van der Waals surface area contributed by atoms with E-state index in [9.17, 15) is 18.5 Å². The van der Waals surface area contributed by atoms with Gasteiger partial charge in [0.15, 0.2) is 10.7 Å². The third-order valence-corrected chi connectivity index (χ3v) is 3.74. The Morgan fingerprint density at radius 1 is 1.40 bits per heavy atom. The van der Waals surface area contributed by atoms with Crippen LogP contribution in [0.1, 0.15) is 5.56 Å². The van der Waals surface area contributed by atoms with Gasteiger partial charge in [0.2, 0.25) is 0 Å². The number of anilines is 1. The molecule has 0 saturated carbocycles. The molecule has 0 aliphatic heterocycles. The van der Waals surface area contributed by atoms with Gasteiger partial charge in [0, 0.05) is 6.07 Å². The molecule has 0 spiro atoms. The van der Waals surface area contributed by atoms with Crippen molar-refractivity contribution in [3.05, 3.63) is 46.1 Å². The fourth-order valence-corrected chi connectivity index (χ4v) is 2.68. The van der Waals surface area contributed by atoms with Gasteiger partial charge in [0.1, 0.15) is 11.6 Å². The molecule has 2 aromatic rings. The average Bonchev–Trinajstić information content (AvgIpc) is 2.85. The van der Waals surface area contributed by atoms with Crippen molar-refractivity contribution in [1.82, 2.24) is 10.2 Å². The van der Waals surface area contributed by atoms with Gasteiger partial charge in [-0.05, 0) is 6.07 Å². The molecule has 0 unspecified atom stereocenters. The van der Waals surface area contributed by atoms with Crippen molar-refractivity contribution in [1.29, 1.82) is 5.26 Å². The SMILES string of the molecule is N#Cc1cn[nH]c1NS(=O)(=O)c1ccccc1[N+](=O)[O-]. The van der Waals surface area contributed by atoms with E-state index in [0.29, 0.717) is 0 Å². The highest BCUT2D eigenvalue weighted by molar-refractivity contribution is 7.92. The van der Waals surface area contributed by atoms with Crippen LogP contribution < -0.4 is 4.72 Å². The highest BCUT2D eigenvalue weighted by atomic mass is 32.2. The number of rotatable bonds is 4. The molecule has 0 aliphatic rings. The summed E-state index contributed by atoms with van der Waals surface area (Å²) in [4.78, 5) is 9.54. The van der Waals surface area contributed by atoms with Crippen LogP contribution in [0.4, 0.5) is 11.5 Å². The zero-order valence-corrected chi connectivity index (χ0v) is 10.6. The topological polar surface area (TPSA) is 142 Å². The van der Waals surface area contributed by atoms with Crippen LogP contribution in [0.25, 0.3) is 0 Å². The van der Waals surface area contributed by atoms with Crippen molar-refractivity contribution in [2.45, 2.75) is 4.90 Å². The Morgan fingerprint density at radius 3 is 2.75 bits per heavy atom. The number of H-pyrrole nitrogens is 1. The van der Waals surface area contributed by atoms with Crippen LogP contribution in [0, 0.1) is 21.4 Å². The summed E-state index contributed by atoms with van der Waals surface area (Å²) >= 11 is 0. The molecular formula is C10H7N5O4S. The molecule has 1 aromatic carbocycles. The predicted octanol–water partition coefficient (Wildman–Crippen LogP) is 0.990. The Hall–Kier alpha value is -2.93. The first-order chi connectivity index (χ1) is 9.45. The predicted molar refractivity (Wildman–Crippen MR) is 67.2 cm³/mol. The van der Waals surface area contributed by atoms with Crippen molar-refractivity contribution in [2.75, 3.05) is 4.72 Å². The zero-order valence-electron chi connectivity index (χ0n) is 9.77. The number of nitro groups is 1. The Morgan fingerprint density at radius 2 is 2.10 bits per heavy atom. The van der Waals surface area contributed by atoms with Crippen LogP contribution >= 0.6 is 0 Å². The maximum atomic E-state index is 12.1. The molecule has 1 heterocycles. The molecular weight excluding hydrogens is 286 g/mol. The standard InChI is InChI=1S/C10H7N5O4S/c11-5-7-6-12-13-10(7)14-20(18,19)9-4-2-1-3-8(9)15(16)17/h1-4,6H,(H2,12,13,14). The molecule has 20 heavy (non-hydrogen) atoms. The molecule has 0 amide bonds. The number of nitriles is 1. The van der Waals surface area contributed by atoms with Crippen LogP contribution in [0.3, 0.4) is 0 Å². The van der Waals surface area contributed by atoms with E-state index in [1.165, 1.54) is 12.1 Å². The summed E-state index contributed by atoms with van der Waals surface area (Å²) in [6.45, 7) is 0. The van der Waals surface area contributed by atoms with Crippen molar-refractivity contribution >= 4 is 21.5 Å². The molecule has 0 fully saturated rings. The fraction of sp³-hybridized carbons (Fsp3) is 0. The quantitative estimate of drug-likeness (QED) is 0.635. The van der Waals surface area contributed by atoms with Gasteiger partial charge in [-0.1, -0.05) is 12.1 Å². The third kappa shape index (κ3) is 2.43. The number of nitrogens with zero attached hydrogens (tertiary/aromatic N) is 3. The lowest BCUT2D eigenvalue weighted by Crippen LogP contribution is -2.15. The molecule has 1 aromatic heterocycles. The minimum Gasteiger partial charge on any atom is -0.262 e. The molecule has 0 bridgehead atoms. The number of hydrogen-bond acceptors (Lipinski definition) is 6. The van der Waals surface area contributed by atoms with E-state index >= 15 is 0 Å². The van der Waals surface area contributed by atoms with Crippen molar-refractivity contribution in [2.24, 2.45) is 0 Å². The summed E-state index contributed by atoms with van der Waals surface area (Å²) in [5.41, 5.74) is -0.579. The van der Waals surface area contributed by atoms with Crippen molar-refractivity contribution < 1.29 is 13.3 Å². The Kier molecular flexibility index (Phi) is 3.36. The number of aromatic nitrogens is 2. The fourth-order valence-electron chi connectivity index (χ4n) is 1.47. The second kappa shape index (κ2) is 4.98. The summed E-state index contributed by atoms with van der Waals surface area (Å²) in [6, 6.07) is 6.62. The smallest absolute Gasteiger partial charge is 0.262 e. The van der Waals surface area contributed by atoms with Gasteiger partial charge < -0.3 is 0 Å². The van der Waals surface area contributed by atoms with Crippen LogP contribution in [0.2, 0.25) is 0 Å². The minimum absolute atomic E-state index is 0.0211. The Balaban J connectivity index is 2.47. The lowest BCUT2D eigenvalue weighted by atomic mass is 10.3. The molecule has 9 nitrogen and oxygen atoms in total. The Labute approximate surface area is 113 Å². The van der Waals surface area contributed by atoms with Gasteiger partial charge in [-0.25, -0.2) is 8.42 Å². The number of sulfonamides is 1. The summed E-state index contributed by atoms with van der Waals surface area (Å²) in [5, 5.41) is 25.4. The first kappa shape index (κ1) is 13.5. The molecule has 0 radical (unpaired) electrons. The van der Waals surface area contributed by atoms with E-state index in [2.05, 4.69) is 14.9 Å². The highest BCUT2D eigenvalue weighted by Gasteiger charge is 2.26. The number of nitro benzene ring substituents is 1. The third-order valence-electron chi connectivity index (χ3n) is 2.35. The van der Waals surface area contributed by atoms with Gasteiger partial charge in [-0.2, -0.15) is 10.4 Å². The normalized spacial score (nSPS) is 10.8. The monoisotopic (exact) mass is 293 g/mol. The maximum Gasteiger partial charge on any atom is 0.289 e. The molecule has 0 atom stereocenters. The average molecular weight is 293 g/mol. The van der Waals surface area contributed by atoms with E-state index in [-0.39, 0.29) is 11.4 Å².